The van der Waals surface area contributed by atoms with Crippen molar-refractivity contribution in [1.29, 1.82) is 0 Å². The Bertz CT molecular complexity index is 559. The van der Waals surface area contributed by atoms with Crippen LogP contribution in [0.3, 0.4) is 0 Å². The van der Waals surface area contributed by atoms with Crippen molar-refractivity contribution in [1.82, 2.24) is 0 Å². The largest absolute Gasteiger partial charge is 0.478 e. The van der Waals surface area contributed by atoms with Gasteiger partial charge < -0.3 is 9.84 Å². The van der Waals surface area contributed by atoms with Crippen LogP contribution in [0.1, 0.15) is 49.5 Å². The number of amides is 1. The predicted molar refractivity (Wildman–Crippen MR) is 75.4 cm³/mol. The summed E-state index contributed by atoms with van der Waals surface area (Å²) in [6.07, 6.45) is -0.439. The van der Waals surface area contributed by atoms with Gasteiger partial charge in [-0.3, -0.25) is 4.90 Å². The number of carboxylic acid groups (broad SMARTS) is 1. The molecule has 0 aliphatic carbocycles. The van der Waals surface area contributed by atoms with Crippen LogP contribution >= 0.6 is 0 Å². The fourth-order valence-electron chi connectivity index (χ4n) is 2.29. The highest BCUT2D eigenvalue weighted by molar-refractivity contribution is 5.95. The highest BCUT2D eigenvalue weighted by atomic mass is 16.6. The van der Waals surface area contributed by atoms with Crippen LogP contribution in [0, 0.1) is 0 Å². The first-order valence-electron chi connectivity index (χ1n) is 6.57. The molecule has 20 heavy (non-hydrogen) atoms. The minimum atomic E-state index is -1.00. The molecule has 1 amide bonds. The van der Waals surface area contributed by atoms with Crippen molar-refractivity contribution in [2.24, 2.45) is 0 Å². The van der Waals surface area contributed by atoms with Gasteiger partial charge in [0.05, 0.1) is 11.3 Å². The molecule has 1 heterocycles. The van der Waals surface area contributed by atoms with E-state index < -0.39 is 17.7 Å². The number of fused-ring (bicyclic) bond motifs is 1. The van der Waals surface area contributed by atoms with E-state index >= 15 is 0 Å². The zero-order chi connectivity index (χ0) is 15.1. The number of ether oxygens (including phenoxy) is 1. The Balaban J connectivity index is 2.35. The highest BCUT2D eigenvalue weighted by Gasteiger charge is 2.33. The van der Waals surface area contributed by atoms with E-state index in [0.717, 1.165) is 5.56 Å². The molecule has 2 rings (SSSR count). The molecular formula is C15H19NO4. The van der Waals surface area contributed by atoms with E-state index in [1.807, 2.05) is 6.92 Å². The fraction of sp³-hybridized carbons (Fsp3) is 0.467. The van der Waals surface area contributed by atoms with E-state index in [2.05, 4.69) is 0 Å². The molecule has 0 bridgehead atoms. The summed E-state index contributed by atoms with van der Waals surface area (Å²) in [5.74, 6) is -0.836. The highest BCUT2D eigenvalue weighted by Crippen LogP contribution is 2.37. The topological polar surface area (TPSA) is 66.8 Å². The molecule has 0 radical (unpaired) electrons. The second-order valence-corrected chi connectivity index (χ2v) is 6.07. The summed E-state index contributed by atoms with van der Waals surface area (Å²) >= 11 is 0. The van der Waals surface area contributed by atoms with E-state index in [1.54, 1.807) is 32.9 Å². The van der Waals surface area contributed by atoms with Gasteiger partial charge in [-0.1, -0.05) is 13.0 Å². The summed E-state index contributed by atoms with van der Waals surface area (Å²) in [4.78, 5) is 24.8. The molecule has 0 spiro atoms. The third-order valence-electron chi connectivity index (χ3n) is 3.17. The van der Waals surface area contributed by atoms with Crippen LogP contribution < -0.4 is 4.90 Å². The smallest absolute Gasteiger partial charge is 0.414 e. The number of carboxylic acids is 1. The molecule has 1 aromatic carbocycles. The van der Waals surface area contributed by atoms with E-state index in [4.69, 9.17) is 9.84 Å². The fourth-order valence-corrected chi connectivity index (χ4v) is 2.29. The molecule has 5 heteroatoms. The summed E-state index contributed by atoms with van der Waals surface area (Å²) in [5, 5.41) is 9.06. The van der Waals surface area contributed by atoms with Gasteiger partial charge in [0.2, 0.25) is 0 Å². The lowest BCUT2D eigenvalue weighted by molar-refractivity contribution is 0.0580. The summed E-state index contributed by atoms with van der Waals surface area (Å²) < 4.78 is 5.37. The summed E-state index contributed by atoms with van der Waals surface area (Å²) in [6, 6.07) is 4.87. The second kappa shape index (κ2) is 4.81. The SMILES string of the molecule is CC1CN(C(=O)OC(C)(C)C)c2cc(C(=O)O)ccc21. The molecule has 1 unspecified atom stereocenters. The molecule has 0 saturated heterocycles. The molecule has 0 fully saturated rings. The summed E-state index contributed by atoms with van der Waals surface area (Å²) in [6.45, 7) is 7.92. The van der Waals surface area contributed by atoms with Crippen molar-refractivity contribution in [3.8, 4) is 0 Å². The van der Waals surface area contributed by atoms with Crippen LogP contribution in [0.4, 0.5) is 10.5 Å². The summed E-state index contributed by atoms with van der Waals surface area (Å²) in [5.41, 5.74) is 1.20. The maximum atomic E-state index is 12.2. The number of benzene rings is 1. The number of carbonyl (C=O) groups excluding carboxylic acids is 1. The normalized spacial score (nSPS) is 17.8. The van der Waals surface area contributed by atoms with Crippen LogP contribution in [0.2, 0.25) is 0 Å². The molecule has 1 aromatic rings. The quantitative estimate of drug-likeness (QED) is 0.855. The minimum absolute atomic E-state index is 0.167. The van der Waals surface area contributed by atoms with Crippen LogP contribution in [-0.2, 0) is 4.74 Å². The molecule has 1 aliphatic rings. The minimum Gasteiger partial charge on any atom is -0.478 e. The lowest BCUT2D eigenvalue weighted by atomic mass is 10.0. The van der Waals surface area contributed by atoms with Crippen LogP contribution in [0.15, 0.2) is 18.2 Å². The van der Waals surface area contributed by atoms with Gasteiger partial charge in [-0.15, -0.1) is 0 Å². The van der Waals surface area contributed by atoms with Gasteiger partial charge in [0.25, 0.3) is 0 Å². The lowest BCUT2D eigenvalue weighted by Crippen LogP contribution is -2.36. The number of hydrogen-bond donors (Lipinski definition) is 1. The Hall–Kier alpha value is -2.04. The van der Waals surface area contributed by atoms with Gasteiger partial charge in [-0.2, -0.15) is 0 Å². The van der Waals surface area contributed by atoms with Crippen LogP contribution in [-0.4, -0.2) is 29.3 Å². The molecule has 108 valence electrons. The first kappa shape index (κ1) is 14.4. The molecule has 1 atom stereocenters. The van der Waals surface area contributed by atoms with E-state index in [-0.39, 0.29) is 11.5 Å². The Morgan fingerprint density at radius 2 is 2.00 bits per heavy atom. The van der Waals surface area contributed by atoms with Gasteiger partial charge >= 0.3 is 12.1 Å². The number of nitrogens with zero attached hydrogens (tertiary/aromatic N) is 1. The van der Waals surface area contributed by atoms with Gasteiger partial charge in [-0.05, 0) is 38.5 Å². The predicted octanol–water partition coefficient (Wildman–Crippen LogP) is 3.24. The second-order valence-electron chi connectivity index (χ2n) is 6.07. The number of hydrogen-bond acceptors (Lipinski definition) is 3. The molecular weight excluding hydrogens is 258 g/mol. The van der Waals surface area contributed by atoms with Crippen molar-refractivity contribution < 1.29 is 19.4 Å². The van der Waals surface area contributed by atoms with Gasteiger partial charge in [0.1, 0.15) is 5.60 Å². The number of rotatable bonds is 1. The van der Waals surface area contributed by atoms with Crippen molar-refractivity contribution in [3.05, 3.63) is 29.3 Å². The molecule has 0 aromatic heterocycles. The van der Waals surface area contributed by atoms with Gasteiger partial charge in [0.15, 0.2) is 0 Å². The van der Waals surface area contributed by atoms with Gasteiger partial charge in [-0.25, -0.2) is 9.59 Å². The molecule has 1 N–H and O–H groups in total. The van der Waals surface area contributed by atoms with Crippen molar-refractivity contribution in [2.45, 2.75) is 39.2 Å². The average Bonchev–Trinajstić information content (AvgIpc) is 2.64. The monoisotopic (exact) mass is 277 g/mol. The third kappa shape index (κ3) is 2.76. The van der Waals surface area contributed by atoms with Crippen molar-refractivity contribution in [3.63, 3.8) is 0 Å². The van der Waals surface area contributed by atoms with Crippen LogP contribution in [0.5, 0.6) is 0 Å². The zero-order valence-electron chi connectivity index (χ0n) is 12.1. The molecule has 0 saturated carbocycles. The van der Waals surface area contributed by atoms with E-state index in [0.29, 0.717) is 12.2 Å². The molecule has 1 aliphatic heterocycles. The third-order valence-corrected chi connectivity index (χ3v) is 3.17. The Labute approximate surface area is 118 Å². The maximum absolute atomic E-state index is 12.2. The van der Waals surface area contributed by atoms with E-state index in [9.17, 15) is 9.59 Å². The number of carbonyl (C=O) groups is 2. The average molecular weight is 277 g/mol. The first-order valence-corrected chi connectivity index (χ1v) is 6.57. The maximum Gasteiger partial charge on any atom is 0.414 e. The Morgan fingerprint density at radius 1 is 1.35 bits per heavy atom. The van der Waals surface area contributed by atoms with Crippen molar-refractivity contribution >= 4 is 17.7 Å². The van der Waals surface area contributed by atoms with Crippen LogP contribution in [0.25, 0.3) is 0 Å². The standard InChI is InChI=1S/C15H19NO4/c1-9-8-16(14(19)20-15(2,3)4)12-7-10(13(17)18)5-6-11(9)12/h5-7,9H,8H2,1-4H3,(H,17,18). The Morgan fingerprint density at radius 3 is 2.55 bits per heavy atom. The van der Waals surface area contributed by atoms with Gasteiger partial charge in [0, 0.05) is 12.5 Å². The Kier molecular flexibility index (Phi) is 3.46. The molecule has 5 nitrogen and oxygen atoms in total. The summed E-state index contributed by atoms with van der Waals surface area (Å²) in [7, 11) is 0. The van der Waals surface area contributed by atoms with Crippen molar-refractivity contribution in [2.75, 3.05) is 11.4 Å². The van der Waals surface area contributed by atoms with E-state index in [1.165, 1.54) is 11.0 Å². The lowest BCUT2D eigenvalue weighted by Gasteiger charge is -2.25. The zero-order valence-corrected chi connectivity index (χ0v) is 12.1. The number of anilines is 1. The number of aromatic carboxylic acids is 1. The first-order chi connectivity index (χ1) is 9.19.